The molecule has 1 atom stereocenters. The summed E-state index contributed by atoms with van der Waals surface area (Å²) in [5.74, 6) is 0.954. The summed E-state index contributed by atoms with van der Waals surface area (Å²) < 4.78 is 7.10. The summed E-state index contributed by atoms with van der Waals surface area (Å²) >= 11 is 0. The van der Waals surface area contributed by atoms with Crippen molar-refractivity contribution in [1.29, 1.82) is 0 Å². The summed E-state index contributed by atoms with van der Waals surface area (Å²) in [7, 11) is 1.95. The van der Waals surface area contributed by atoms with Crippen molar-refractivity contribution in [3.63, 3.8) is 0 Å². The van der Waals surface area contributed by atoms with Crippen LogP contribution in [0.25, 0.3) is 0 Å². The smallest absolute Gasteiger partial charge is 0.315 e. The summed E-state index contributed by atoms with van der Waals surface area (Å²) in [4.78, 5) is 12.2. The van der Waals surface area contributed by atoms with Crippen molar-refractivity contribution >= 4 is 6.03 Å². The van der Waals surface area contributed by atoms with Gasteiger partial charge in [-0.15, -0.1) is 0 Å². The zero-order chi connectivity index (χ0) is 18.6. The minimum Gasteiger partial charge on any atom is -0.361 e. The minimum atomic E-state index is -0.174. The Labute approximate surface area is 149 Å². The van der Waals surface area contributed by atoms with E-state index in [1.807, 2.05) is 25.6 Å². The second-order valence-electron chi connectivity index (χ2n) is 6.41. The molecule has 0 aliphatic rings. The van der Waals surface area contributed by atoms with Gasteiger partial charge in [0.25, 0.3) is 0 Å². The Morgan fingerprint density at radius 2 is 1.96 bits per heavy atom. The van der Waals surface area contributed by atoms with E-state index in [1.165, 1.54) is 5.69 Å². The molecule has 0 saturated carbocycles. The molecule has 2 rings (SSSR count). The number of nitrogens with one attached hydrogen (secondary N) is 2. The third kappa shape index (κ3) is 4.21. The summed E-state index contributed by atoms with van der Waals surface area (Å²) in [6.07, 6.45) is 1.75. The number of rotatable bonds is 7. The second-order valence-corrected chi connectivity index (χ2v) is 6.41. The van der Waals surface area contributed by atoms with E-state index < -0.39 is 0 Å². The van der Waals surface area contributed by atoms with Gasteiger partial charge in [-0.2, -0.15) is 5.10 Å². The zero-order valence-electron chi connectivity index (χ0n) is 16.1. The Kier molecular flexibility index (Phi) is 6.22. The second kappa shape index (κ2) is 8.18. The molecule has 0 aromatic carbocycles. The quantitative estimate of drug-likeness (QED) is 0.806. The number of nitrogens with zero attached hydrogens (tertiary/aromatic N) is 3. The van der Waals surface area contributed by atoms with Gasteiger partial charge in [-0.3, -0.25) is 4.68 Å². The van der Waals surface area contributed by atoms with Crippen molar-refractivity contribution in [2.75, 3.05) is 6.54 Å². The molecule has 0 radical (unpaired) electrons. The van der Waals surface area contributed by atoms with Crippen LogP contribution in [0.15, 0.2) is 4.52 Å². The average Bonchev–Trinajstić information content (AvgIpc) is 3.08. The number of aromatic nitrogens is 3. The highest BCUT2D eigenvalue weighted by Gasteiger charge is 2.18. The van der Waals surface area contributed by atoms with Crippen molar-refractivity contribution in [3.8, 4) is 0 Å². The standard InChI is InChI=1S/C18H29N5O2/c1-7-15-14(16(8-2)23(6)21-15)10-20-18(24)19-9-11(3)17-12(4)22-25-13(17)5/h11H,7-10H2,1-6H3,(H2,19,20,24)/t11-/m1/s1. The SMILES string of the molecule is CCc1nn(C)c(CC)c1CNC(=O)NC[C@@H](C)c1c(C)noc1C. The molecule has 2 N–H and O–H groups in total. The summed E-state index contributed by atoms with van der Waals surface area (Å²) in [5, 5.41) is 14.4. The van der Waals surface area contributed by atoms with Crippen LogP contribution in [-0.4, -0.2) is 27.5 Å². The molecular formula is C18H29N5O2. The van der Waals surface area contributed by atoms with Crippen molar-refractivity contribution in [3.05, 3.63) is 34.0 Å². The van der Waals surface area contributed by atoms with Crippen LogP contribution in [0.2, 0.25) is 0 Å². The van der Waals surface area contributed by atoms with Crippen LogP contribution in [0.5, 0.6) is 0 Å². The van der Waals surface area contributed by atoms with Gasteiger partial charge in [0.05, 0.1) is 11.4 Å². The lowest BCUT2D eigenvalue weighted by Crippen LogP contribution is -2.37. The average molecular weight is 347 g/mol. The monoisotopic (exact) mass is 347 g/mol. The fraction of sp³-hybridized carbons (Fsp3) is 0.611. The highest BCUT2D eigenvalue weighted by molar-refractivity contribution is 5.74. The molecule has 0 aliphatic carbocycles. The number of hydrogen-bond donors (Lipinski definition) is 2. The van der Waals surface area contributed by atoms with Crippen molar-refractivity contribution in [2.45, 2.75) is 59.9 Å². The van der Waals surface area contributed by atoms with Gasteiger partial charge >= 0.3 is 6.03 Å². The Morgan fingerprint density at radius 1 is 1.24 bits per heavy atom. The first-order chi connectivity index (χ1) is 11.9. The highest BCUT2D eigenvalue weighted by Crippen LogP contribution is 2.22. The maximum atomic E-state index is 12.2. The van der Waals surface area contributed by atoms with E-state index in [4.69, 9.17) is 4.52 Å². The van der Waals surface area contributed by atoms with Crippen LogP contribution in [-0.2, 0) is 26.4 Å². The van der Waals surface area contributed by atoms with E-state index in [0.717, 1.165) is 41.1 Å². The van der Waals surface area contributed by atoms with Gasteiger partial charge in [-0.1, -0.05) is 25.9 Å². The van der Waals surface area contributed by atoms with Crippen molar-refractivity contribution < 1.29 is 9.32 Å². The van der Waals surface area contributed by atoms with E-state index in [1.54, 1.807) is 0 Å². The summed E-state index contributed by atoms with van der Waals surface area (Å²) in [6.45, 7) is 11.1. The van der Waals surface area contributed by atoms with Crippen molar-refractivity contribution in [2.24, 2.45) is 7.05 Å². The summed E-state index contributed by atoms with van der Waals surface area (Å²) in [6, 6.07) is -0.174. The number of carbonyl (C=O) groups is 1. The third-order valence-electron chi connectivity index (χ3n) is 4.60. The van der Waals surface area contributed by atoms with Crippen LogP contribution >= 0.6 is 0 Å². The van der Waals surface area contributed by atoms with Gasteiger partial charge < -0.3 is 15.2 Å². The Bertz CT molecular complexity index is 713. The van der Waals surface area contributed by atoms with Crippen LogP contribution in [0.4, 0.5) is 4.79 Å². The molecule has 25 heavy (non-hydrogen) atoms. The topological polar surface area (TPSA) is 85.0 Å². The predicted octanol–water partition coefficient (Wildman–Crippen LogP) is 2.75. The van der Waals surface area contributed by atoms with Crippen LogP contribution in [0.3, 0.4) is 0 Å². The van der Waals surface area contributed by atoms with Crippen LogP contribution < -0.4 is 10.6 Å². The van der Waals surface area contributed by atoms with Gasteiger partial charge in [-0.05, 0) is 26.7 Å². The molecule has 0 saturated heterocycles. The first kappa shape index (κ1) is 19.0. The molecule has 7 nitrogen and oxygen atoms in total. The largest absolute Gasteiger partial charge is 0.361 e. The third-order valence-corrected chi connectivity index (χ3v) is 4.60. The summed E-state index contributed by atoms with van der Waals surface area (Å²) in [5.41, 5.74) is 5.28. The van der Waals surface area contributed by atoms with Gasteiger partial charge in [0, 0.05) is 42.9 Å². The maximum Gasteiger partial charge on any atom is 0.315 e. The molecule has 7 heteroatoms. The van der Waals surface area contributed by atoms with Gasteiger partial charge in [0.2, 0.25) is 0 Å². The molecule has 2 amide bonds. The maximum absolute atomic E-state index is 12.2. The van der Waals surface area contributed by atoms with E-state index in [9.17, 15) is 4.79 Å². The Morgan fingerprint density at radius 3 is 2.52 bits per heavy atom. The lowest BCUT2D eigenvalue weighted by atomic mass is 10.00. The normalized spacial score (nSPS) is 12.2. The predicted molar refractivity (Wildman–Crippen MR) is 96.6 cm³/mol. The van der Waals surface area contributed by atoms with E-state index in [0.29, 0.717) is 13.1 Å². The van der Waals surface area contributed by atoms with Gasteiger partial charge in [-0.25, -0.2) is 4.79 Å². The molecular weight excluding hydrogens is 318 g/mol. The van der Waals surface area contributed by atoms with E-state index >= 15 is 0 Å². The number of carbonyl (C=O) groups excluding carboxylic acids is 1. The zero-order valence-corrected chi connectivity index (χ0v) is 16.1. The van der Waals surface area contributed by atoms with Gasteiger partial charge in [0.1, 0.15) is 5.76 Å². The first-order valence-corrected chi connectivity index (χ1v) is 8.87. The van der Waals surface area contributed by atoms with Crippen molar-refractivity contribution in [1.82, 2.24) is 25.6 Å². The molecule has 0 bridgehead atoms. The fourth-order valence-corrected chi connectivity index (χ4v) is 3.37. The van der Waals surface area contributed by atoms with E-state index in [2.05, 4.69) is 41.7 Å². The lowest BCUT2D eigenvalue weighted by Gasteiger charge is -2.13. The lowest BCUT2D eigenvalue weighted by molar-refractivity contribution is 0.240. The first-order valence-electron chi connectivity index (χ1n) is 8.87. The molecule has 0 aliphatic heterocycles. The highest BCUT2D eigenvalue weighted by atomic mass is 16.5. The number of urea groups is 1. The molecule has 138 valence electrons. The molecule has 2 aromatic rings. The Hall–Kier alpha value is -2.31. The molecule has 2 aromatic heterocycles. The fourth-order valence-electron chi connectivity index (χ4n) is 3.37. The van der Waals surface area contributed by atoms with Crippen LogP contribution in [0.1, 0.15) is 60.7 Å². The molecule has 0 fully saturated rings. The molecule has 2 heterocycles. The minimum absolute atomic E-state index is 0.146. The number of amides is 2. The van der Waals surface area contributed by atoms with Crippen LogP contribution in [0, 0.1) is 13.8 Å². The van der Waals surface area contributed by atoms with E-state index in [-0.39, 0.29) is 11.9 Å². The number of hydrogen-bond acceptors (Lipinski definition) is 4. The number of aryl methyl sites for hydroxylation is 4. The van der Waals surface area contributed by atoms with Gasteiger partial charge in [0.15, 0.2) is 0 Å². The molecule has 0 unspecified atom stereocenters. The molecule has 0 spiro atoms. The Balaban J connectivity index is 1.91.